The molecule has 0 bridgehead atoms. The first-order chi connectivity index (χ1) is 7.68. The number of likely N-dealkylation sites (N-methyl/N-ethyl adjacent to an activating group) is 1. The Morgan fingerprint density at radius 2 is 2.00 bits per heavy atom. The van der Waals surface area contributed by atoms with Crippen molar-refractivity contribution in [2.45, 2.75) is 51.2 Å². The SMILES string of the molecule is CCOC1(C(COC)NC)CCC(C)CC1. The first-order valence-electron chi connectivity index (χ1n) is 6.48. The number of hydrogen-bond donors (Lipinski definition) is 1. The van der Waals surface area contributed by atoms with Crippen LogP contribution in [-0.4, -0.2) is 39.0 Å². The smallest absolute Gasteiger partial charge is 0.0857 e. The molecule has 0 heterocycles. The van der Waals surface area contributed by atoms with Crippen LogP contribution in [0.1, 0.15) is 39.5 Å². The zero-order valence-electron chi connectivity index (χ0n) is 11.2. The lowest BCUT2D eigenvalue weighted by Crippen LogP contribution is -2.55. The molecule has 1 N–H and O–H groups in total. The molecule has 0 amide bonds. The number of hydrogen-bond acceptors (Lipinski definition) is 3. The van der Waals surface area contributed by atoms with Gasteiger partial charge in [-0.1, -0.05) is 6.92 Å². The monoisotopic (exact) mass is 229 g/mol. The summed E-state index contributed by atoms with van der Waals surface area (Å²) in [4.78, 5) is 0. The largest absolute Gasteiger partial charge is 0.383 e. The van der Waals surface area contributed by atoms with Gasteiger partial charge in [-0.3, -0.25) is 0 Å². The van der Waals surface area contributed by atoms with Crippen molar-refractivity contribution < 1.29 is 9.47 Å². The molecule has 1 saturated carbocycles. The molecule has 0 aliphatic heterocycles. The highest BCUT2D eigenvalue weighted by Crippen LogP contribution is 2.37. The molecule has 1 atom stereocenters. The highest BCUT2D eigenvalue weighted by atomic mass is 16.5. The van der Waals surface area contributed by atoms with E-state index in [4.69, 9.17) is 9.47 Å². The summed E-state index contributed by atoms with van der Waals surface area (Å²) in [5, 5.41) is 3.36. The van der Waals surface area contributed by atoms with Crippen LogP contribution in [-0.2, 0) is 9.47 Å². The molecule has 0 aromatic heterocycles. The number of rotatable bonds is 6. The zero-order chi connectivity index (χ0) is 12.0. The second kappa shape index (κ2) is 6.58. The van der Waals surface area contributed by atoms with Crippen molar-refractivity contribution in [2.24, 2.45) is 5.92 Å². The molecule has 1 fully saturated rings. The van der Waals surface area contributed by atoms with Crippen molar-refractivity contribution in [3.05, 3.63) is 0 Å². The third kappa shape index (κ3) is 3.19. The summed E-state index contributed by atoms with van der Waals surface area (Å²) in [5.74, 6) is 0.841. The molecule has 3 heteroatoms. The molecule has 1 rings (SSSR count). The Balaban J connectivity index is 2.69. The normalized spacial score (nSPS) is 32.6. The standard InChI is InChI=1S/C13H27NO2/c1-5-16-13(12(14-3)10-15-4)8-6-11(2)7-9-13/h11-12,14H,5-10H2,1-4H3. The molecular weight excluding hydrogens is 202 g/mol. The topological polar surface area (TPSA) is 30.5 Å². The van der Waals surface area contributed by atoms with Crippen LogP contribution in [0.25, 0.3) is 0 Å². The Morgan fingerprint density at radius 1 is 1.38 bits per heavy atom. The predicted molar refractivity (Wildman–Crippen MR) is 66.7 cm³/mol. The van der Waals surface area contributed by atoms with Gasteiger partial charge in [0.1, 0.15) is 0 Å². The minimum Gasteiger partial charge on any atom is -0.383 e. The minimum atomic E-state index is -0.00792. The number of methoxy groups -OCH3 is 1. The molecule has 96 valence electrons. The van der Waals surface area contributed by atoms with E-state index < -0.39 is 0 Å². The summed E-state index contributed by atoms with van der Waals surface area (Å²) in [5.41, 5.74) is -0.00792. The van der Waals surface area contributed by atoms with Crippen molar-refractivity contribution in [2.75, 3.05) is 27.4 Å². The van der Waals surface area contributed by atoms with Crippen molar-refractivity contribution >= 4 is 0 Å². The van der Waals surface area contributed by atoms with Crippen LogP contribution in [0.15, 0.2) is 0 Å². The van der Waals surface area contributed by atoms with Crippen molar-refractivity contribution in [1.82, 2.24) is 5.32 Å². The maximum absolute atomic E-state index is 6.08. The van der Waals surface area contributed by atoms with E-state index in [0.717, 1.165) is 32.0 Å². The van der Waals surface area contributed by atoms with Gasteiger partial charge in [-0.2, -0.15) is 0 Å². The number of nitrogens with one attached hydrogen (secondary N) is 1. The third-order valence-corrected chi connectivity index (χ3v) is 3.87. The van der Waals surface area contributed by atoms with E-state index in [9.17, 15) is 0 Å². The first kappa shape index (κ1) is 13.9. The Labute approximate surface area is 99.9 Å². The van der Waals surface area contributed by atoms with Gasteiger partial charge >= 0.3 is 0 Å². The van der Waals surface area contributed by atoms with Crippen molar-refractivity contribution in [3.8, 4) is 0 Å². The van der Waals surface area contributed by atoms with E-state index in [1.165, 1.54) is 12.8 Å². The van der Waals surface area contributed by atoms with E-state index in [-0.39, 0.29) is 5.60 Å². The van der Waals surface area contributed by atoms with E-state index >= 15 is 0 Å². The highest BCUT2D eigenvalue weighted by molar-refractivity contribution is 4.96. The van der Waals surface area contributed by atoms with E-state index in [1.54, 1.807) is 7.11 Å². The van der Waals surface area contributed by atoms with Gasteiger partial charge in [0.2, 0.25) is 0 Å². The summed E-state index contributed by atoms with van der Waals surface area (Å²) >= 11 is 0. The minimum absolute atomic E-state index is 0.00792. The molecule has 0 radical (unpaired) electrons. The van der Waals surface area contributed by atoms with Gasteiger partial charge in [0.25, 0.3) is 0 Å². The van der Waals surface area contributed by atoms with Crippen LogP contribution in [0.5, 0.6) is 0 Å². The summed E-state index contributed by atoms with van der Waals surface area (Å²) < 4.78 is 11.4. The zero-order valence-corrected chi connectivity index (χ0v) is 11.2. The average molecular weight is 229 g/mol. The molecule has 3 nitrogen and oxygen atoms in total. The molecule has 1 unspecified atom stereocenters. The lowest BCUT2D eigenvalue weighted by molar-refractivity contribution is -0.107. The van der Waals surface area contributed by atoms with Crippen LogP contribution in [0, 0.1) is 5.92 Å². The van der Waals surface area contributed by atoms with Gasteiger partial charge in [0.15, 0.2) is 0 Å². The lowest BCUT2D eigenvalue weighted by Gasteiger charge is -2.44. The van der Waals surface area contributed by atoms with Gasteiger partial charge in [-0.25, -0.2) is 0 Å². The molecule has 0 aromatic rings. The molecule has 1 aliphatic carbocycles. The van der Waals surface area contributed by atoms with E-state index in [1.807, 2.05) is 7.05 Å². The third-order valence-electron chi connectivity index (χ3n) is 3.87. The summed E-state index contributed by atoms with van der Waals surface area (Å²) in [6, 6.07) is 0.310. The van der Waals surface area contributed by atoms with Gasteiger partial charge in [-0.15, -0.1) is 0 Å². The van der Waals surface area contributed by atoms with Crippen LogP contribution in [0.2, 0.25) is 0 Å². The number of ether oxygens (including phenoxy) is 2. The fraction of sp³-hybridized carbons (Fsp3) is 1.00. The lowest BCUT2D eigenvalue weighted by atomic mass is 9.75. The second-order valence-corrected chi connectivity index (χ2v) is 4.98. The molecule has 16 heavy (non-hydrogen) atoms. The Kier molecular flexibility index (Phi) is 5.73. The maximum atomic E-state index is 6.08. The molecule has 0 spiro atoms. The van der Waals surface area contributed by atoms with Gasteiger partial charge in [0, 0.05) is 13.7 Å². The van der Waals surface area contributed by atoms with E-state index in [0.29, 0.717) is 6.04 Å². The predicted octanol–water partition coefficient (Wildman–Crippen LogP) is 2.21. The van der Waals surface area contributed by atoms with Crippen LogP contribution < -0.4 is 5.32 Å². The Hall–Kier alpha value is -0.120. The Morgan fingerprint density at radius 3 is 2.44 bits per heavy atom. The summed E-state index contributed by atoms with van der Waals surface area (Å²) in [6.45, 7) is 5.93. The summed E-state index contributed by atoms with van der Waals surface area (Å²) in [7, 11) is 3.76. The fourth-order valence-corrected chi connectivity index (χ4v) is 2.80. The average Bonchev–Trinajstić information content (AvgIpc) is 2.30. The summed E-state index contributed by atoms with van der Waals surface area (Å²) in [6.07, 6.45) is 4.83. The molecule has 1 aliphatic rings. The highest BCUT2D eigenvalue weighted by Gasteiger charge is 2.41. The van der Waals surface area contributed by atoms with Crippen molar-refractivity contribution in [3.63, 3.8) is 0 Å². The molecule has 0 aromatic carbocycles. The van der Waals surface area contributed by atoms with Gasteiger partial charge in [0.05, 0.1) is 18.2 Å². The van der Waals surface area contributed by atoms with Crippen LogP contribution in [0.4, 0.5) is 0 Å². The van der Waals surface area contributed by atoms with Gasteiger partial charge < -0.3 is 14.8 Å². The maximum Gasteiger partial charge on any atom is 0.0857 e. The first-order valence-corrected chi connectivity index (χ1v) is 6.48. The van der Waals surface area contributed by atoms with E-state index in [2.05, 4.69) is 19.2 Å². The fourth-order valence-electron chi connectivity index (χ4n) is 2.80. The van der Waals surface area contributed by atoms with Crippen LogP contribution in [0.3, 0.4) is 0 Å². The second-order valence-electron chi connectivity index (χ2n) is 4.98. The molecular formula is C13H27NO2. The molecule has 0 saturated heterocycles. The van der Waals surface area contributed by atoms with Crippen molar-refractivity contribution in [1.29, 1.82) is 0 Å². The Bertz CT molecular complexity index is 188. The van der Waals surface area contributed by atoms with Crippen LogP contribution >= 0.6 is 0 Å². The van der Waals surface area contributed by atoms with Gasteiger partial charge in [-0.05, 0) is 45.6 Å². The quantitative estimate of drug-likeness (QED) is 0.757.